The van der Waals surface area contributed by atoms with Crippen molar-refractivity contribution in [2.75, 3.05) is 39.6 Å². The van der Waals surface area contributed by atoms with E-state index >= 15 is 0 Å². The fourth-order valence-corrected chi connectivity index (χ4v) is 3.22. The second-order valence-corrected chi connectivity index (χ2v) is 6.69. The van der Waals surface area contributed by atoms with E-state index in [0.29, 0.717) is 45.7 Å². The number of ether oxygens (including phenoxy) is 3. The van der Waals surface area contributed by atoms with Crippen molar-refractivity contribution in [1.29, 1.82) is 0 Å². The number of hydrogen-bond donors (Lipinski definition) is 4. The average Bonchev–Trinajstić information content (AvgIpc) is 2.64. The number of unbranched alkanes of at least 4 members (excludes halogenated alkanes) is 2. The number of nitrogens with two attached hydrogens (primary N) is 1. The van der Waals surface area contributed by atoms with Gasteiger partial charge >= 0.3 is 0 Å². The molecule has 0 aromatic heterocycles. The van der Waals surface area contributed by atoms with Crippen LogP contribution in [0.4, 0.5) is 0 Å². The lowest BCUT2D eigenvalue weighted by Gasteiger charge is -2.43. The molecular formula is C18H34N2O7. The molecule has 1 rings (SSSR count). The van der Waals surface area contributed by atoms with Crippen LogP contribution in [-0.4, -0.2) is 86.3 Å². The van der Waals surface area contributed by atoms with Crippen LogP contribution in [0.2, 0.25) is 0 Å². The Bertz CT molecular complexity index is 425. The first-order valence-electron chi connectivity index (χ1n) is 9.57. The summed E-state index contributed by atoms with van der Waals surface area (Å²) in [5.41, 5.74) is 5.32. The zero-order valence-electron chi connectivity index (χ0n) is 16.0. The molecule has 0 bridgehead atoms. The SMILES string of the molecule is CC(=O)N[C@@H]1[C@@H](C=O)[C@@H](O)[C@@H](CO)O[C@@H]1CCCCCOCCOCCN. The third-order valence-corrected chi connectivity index (χ3v) is 4.56. The summed E-state index contributed by atoms with van der Waals surface area (Å²) in [7, 11) is 0. The topological polar surface area (TPSA) is 140 Å². The van der Waals surface area contributed by atoms with Gasteiger partial charge in [-0.05, 0) is 12.8 Å². The maximum Gasteiger partial charge on any atom is 0.217 e. The molecule has 1 heterocycles. The van der Waals surface area contributed by atoms with E-state index in [1.807, 2.05) is 0 Å². The minimum atomic E-state index is -1.14. The van der Waals surface area contributed by atoms with Gasteiger partial charge in [0.25, 0.3) is 0 Å². The highest BCUT2D eigenvalue weighted by Gasteiger charge is 2.44. The first-order chi connectivity index (χ1) is 13.0. The largest absolute Gasteiger partial charge is 0.394 e. The van der Waals surface area contributed by atoms with E-state index in [-0.39, 0.29) is 12.5 Å². The van der Waals surface area contributed by atoms with E-state index in [9.17, 15) is 19.8 Å². The Morgan fingerprint density at radius 1 is 1.15 bits per heavy atom. The number of aliphatic hydroxyl groups excluding tert-OH is 2. The summed E-state index contributed by atoms with van der Waals surface area (Å²) in [6.07, 6.45) is 1.42. The number of rotatable bonds is 14. The summed E-state index contributed by atoms with van der Waals surface area (Å²) in [6.45, 7) is 3.71. The quantitative estimate of drug-likeness (QED) is 0.218. The number of carbonyl (C=O) groups excluding carboxylic acids is 2. The molecule has 1 saturated heterocycles. The molecule has 1 aliphatic rings. The maximum atomic E-state index is 11.5. The van der Waals surface area contributed by atoms with E-state index in [4.69, 9.17) is 19.9 Å². The monoisotopic (exact) mass is 390 g/mol. The maximum absolute atomic E-state index is 11.5. The Hall–Kier alpha value is -1.10. The molecule has 5 N–H and O–H groups in total. The molecule has 27 heavy (non-hydrogen) atoms. The Labute approximate surface area is 160 Å². The van der Waals surface area contributed by atoms with Crippen molar-refractivity contribution in [2.24, 2.45) is 11.7 Å². The van der Waals surface area contributed by atoms with Gasteiger partial charge in [0, 0.05) is 20.1 Å². The van der Waals surface area contributed by atoms with Crippen LogP contribution in [0, 0.1) is 5.92 Å². The van der Waals surface area contributed by atoms with E-state index in [1.165, 1.54) is 6.92 Å². The highest BCUT2D eigenvalue weighted by atomic mass is 16.5. The van der Waals surface area contributed by atoms with Gasteiger partial charge in [-0.3, -0.25) is 4.79 Å². The average molecular weight is 390 g/mol. The van der Waals surface area contributed by atoms with Gasteiger partial charge in [-0.2, -0.15) is 0 Å². The van der Waals surface area contributed by atoms with Crippen molar-refractivity contribution in [3.05, 3.63) is 0 Å². The van der Waals surface area contributed by atoms with Gasteiger partial charge in [-0.1, -0.05) is 12.8 Å². The highest BCUT2D eigenvalue weighted by Crippen LogP contribution is 2.28. The van der Waals surface area contributed by atoms with Crippen molar-refractivity contribution >= 4 is 12.2 Å². The third-order valence-electron chi connectivity index (χ3n) is 4.56. The number of carbonyl (C=O) groups is 2. The number of aldehydes is 1. The van der Waals surface area contributed by atoms with E-state index < -0.39 is 30.3 Å². The highest BCUT2D eigenvalue weighted by molar-refractivity contribution is 5.74. The predicted octanol–water partition coefficient (Wildman–Crippen LogP) is -1.02. The summed E-state index contributed by atoms with van der Waals surface area (Å²) < 4.78 is 16.4. The molecule has 9 heteroatoms. The molecule has 0 saturated carbocycles. The van der Waals surface area contributed by atoms with E-state index in [0.717, 1.165) is 19.3 Å². The van der Waals surface area contributed by atoms with Crippen molar-refractivity contribution in [3.63, 3.8) is 0 Å². The molecule has 1 aliphatic heterocycles. The fraction of sp³-hybridized carbons (Fsp3) is 0.889. The Morgan fingerprint density at radius 3 is 2.44 bits per heavy atom. The van der Waals surface area contributed by atoms with E-state index in [2.05, 4.69) is 5.32 Å². The minimum absolute atomic E-state index is 0.291. The third kappa shape index (κ3) is 8.63. The van der Waals surface area contributed by atoms with Gasteiger partial charge in [-0.25, -0.2) is 0 Å². The second-order valence-electron chi connectivity index (χ2n) is 6.69. The molecule has 9 nitrogen and oxygen atoms in total. The first kappa shape index (κ1) is 23.9. The van der Waals surface area contributed by atoms with Gasteiger partial charge in [-0.15, -0.1) is 0 Å². The molecule has 0 aromatic carbocycles. The van der Waals surface area contributed by atoms with Crippen LogP contribution in [0.25, 0.3) is 0 Å². The number of hydrogen-bond acceptors (Lipinski definition) is 8. The molecule has 0 spiro atoms. The van der Waals surface area contributed by atoms with Crippen molar-refractivity contribution in [1.82, 2.24) is 5.32 Å². The Balaban J connectivity index is 2.36. The summed E-state index contributed by atoms with van der Waals surface area (Å²) >= 11 is 0. The van der Waals surface area contributed by atoms with Crippen molar-refractivity contribution in [3.8, 4) is 0 Å². The van der Waals surface area contributed by atoms with Gasteiger partial charge in [0.1, 0.15) is 12.4 Å². The van der Waals surface area contributed by atoms with Crippen LogP contribution in [0.15, 0.2) is 0 Å². The van der Waals surface area contributed by atoms with Crippen molar-refractivity contribution in [2.45, 2.75) is 57.0 Å². The van der Waals surface area contributed by atoms with Crippen LogP contribution in [0.1, 0.15) is 32.6 Å². The number of amides is 1. The zero-order chi connectivity index (χ0) is 20.1. The summed E-state index contributed by atoms with van der Waals surface area (Å²) in [5.74, 6) is -1.10. The van der Waals surface area contributed by atoms with Gasteiger partial charge in [0.05, 0.1) is 50.6 Å². The minimum Gasteiger partial charge on any atom is -0.394 e. The molecule has 5 atom stereocenters. The Morgan fingerprint density at radius 2 is 1.85 bits per heavy atom. The fourth-order valence-electron chi connectivity index (χ4n) is 3.22. The van der Waals surface area contributed by atoms with Crippen LogP contribution < -0.4 is 11.1 Å². The van der Waals surface area contributed by atoms with Crippen LogP contribution in [-0.2, 0) is 23.8 Å². The number of aliphatic hydroxyl groups is 2. The Kier molecular flexibility index (Phi) is 12.4. The molecule has 158 valence electrons. The summed E-state index contributed by atoms with van der Waals surface area (Å²) in [6, 6.07) is -0.603. The molecule has 0 aliphatic carbocycles. The zero-order valence-corrected chi connectivity index (χ0v) is 16.0. The molecule has 0 aromatic rings. The predicted molar refractivity (Wildman–Crippen MR) is 98.1 cm³/mol. The summed E-state index contributed by atoms with van der Waals surface area (Å²) in [5, 5.41) is 22.3. The lowest BCUT2D eigenvalue weighted by atomic mass is 9.83. The van der Waals surface area contributed by atoms with Crippen LogP contribution in [0.5, 0.6) is 0 Å². The molecule has 0 radical (unpaired) electrons. The standard InChI is InChI=1S/C18H34N2O7/c1-13(23)20-17-14(11-21)18(24)16(12-22)27-15(17)5-3-2-4-7-25-9-10-26-8-6-19/h11,14-18,22,24H,2-10,12,19H2,1H3,(H,20,23)/t14-,15-,16-,17-,18-/m1/s1. The van der Waals surface area contributed by atoms with Crippen molar-refractivity contribution < 1.29 is 34.0 Å². The lowest BCUT2D eigenvalue weighted by Crippen LogP contribution is -2.61. The van der Waals surface area contributed by atoms with Gasteiger partial charge < -0.3 is 40.3 Å². The normalized spacial score (nSPS) is 28.1. The molecule has 0 unspecified atom stereocenters. The van der Waals surface area contributed by atoms with Gasteiger partial charge in [0.15, 0.2) is 0 Å². The first-order valence-corrected chi connectivity index (χ1v) is 9.57. The van der Waals surface area contributed by atoms with Crippen LogP contribution >= 0.6 is 0 Å². The molecule has 1 fully saturated rings. The second kappa shape index (κ2) is 14.0. The van der Waals surface area contributed by atoms with Gasteiger partial charge in [0.2, 0.25) is 5.91 Å². The lowest BCUT2D eigenvalue weighted by molar-refractivity contribution is -0.176. The number of nitrogens with one attached hydrogen (secondary N) is 1. The molecule has 1 amide bonds. The smallest absolute Gasteiger partial charge is 0.217 e. The summed E-state index contributed by atoms with van der Waals surface area (Å²) in [4.78, 5) is 22.9. The van der Waals surface area contributed by atoms with E-state index in [1.54, 1.807) is 0 Å². The van der Waals surface area contributed by atoms with Crippen LogP contribution in [0.3, 0.4) is 0 Å². The molecular weight excluding hydrogens is 356 g/mol.